The van der Waals surface area contributed by atoms with Crippen molar-refractivity contribution in [2.75, 3.05) is 0 Å². The normalized spacial score (nSPS) is 14.1. The molecule has 1 rings (SSSR count). The van der Waals surface area contributed by atoms with E-state index in [-0.39, 0.29) is 6.42 Å². The Morgan fingerprint density at radius 2 is 1.79 bits per heavy atom. The van der Waals surface area contributed by atoms with Gasteiger partial charge in [0.05, 0.1) is 5.38 Å². The van der Waals surface area contributed by atoms with Crippen molar-refractivity contribution >= 4 is 23.2 Å². The van der Waals surface area contributed by atoms with Crippen molar-refractivity contribution < 1.29 is 8.78 Å². The van der Waals surface area contributed by atoms with E-state index in [9.17, 15) is 8.78 Å². The molecule has 1 aromatic carbocycles. The molecule has 0 fully saturated rings. The highest BCUT2D eigenvalue weighted by molar-refractivity contribution is 6.30. The van der Waals surface area contributed by atoms with Crippen LogP contribution in [0.4, 0.5) is 8.78 Å². The lowest BCUT2D eigenvalue weighted by Crippen LogP contribution is -2.12. The molecule has 0 saturated carbocycles. The minimum atomic E-state index is -2.74. The molecule has 0 N–H and O–H groups in total. The van der Waals surface area contributed by atoms with Gasteiger partial charge in [0, 0.05) is 11.4 Å². The summed E-state index contributed by atoms with van der Waals surface area (Å²) in [4.78, 5) is 0. The maximum absolute atomic E-state index is 12.6. The lowest BCUT2D eigenvalue weighted by Gasteiger charge is -2.15. The summed E-state index contributed by atoms with van der Waals surface area (Å²) >= 11 is 11.5. The number of benzene rings is 1. The first kappa shape index (κ1) is 11.7. The lowest BCUT2D eigenvalue weighted by molar-refractivity contribution is 0.0120. The van der Waals surface area contributed by atoms with Crippen LogP contribution < -0.4 is 0 Å². The molecule has 14 heavy (non-hydrogen) atoms. The molecule has 1 unspecified atom stereocenters. The van der Waals surface area contributed by atoms with Crippen LogP contribution >= 0.6 is 23.2 Å². The Hall–Kier alpha value is -0.340. The van der Waals surface area contributed by atoms with Crippen molar-refractivity contribution in [3.8, 4) is 0 Å². The molecule has 1 atom stereocenters. The highest BCUT2D eigenvalue weighted by atomic mass is 35.5. The number of halogens is 4. The fourth-order valence-electron chi connectivity index (χ4n) is 1.10. The van der Waals surface area contributed by atoms with E-state index in [1.54, 1.807) is 24.3 Å². The summed E-state index contributed by atoms with van der Waals surface area (Å²) in [5.41, 5.74) is 0.664. The van der Waals surface area contributed by atoms with E-state index in [2.05, 4.69) is 0 Å². The molecule has 0 spiro atoms. The fraction of sp³-hybridized carbons (Fsp3) is 0.400. The molecule has 0 amide bonds. The fourth-order valence-corrected chi connectivity index (χ4v) is 1.65. The zero-order chi connectivity index (χ0) is 10.8. The first-order valence-electron chi connectivity index (χ1n) is 4.16. The van der Waals surface area contributed by atoms with Gasteiger partial charge in [-0.15, -0.1) is 11.6 Å². The Bertz CT molecular complexity index is 290. The Morgan fingerprint density at radius 1 is 1.29 bits per heavy atom. The van der Waals surface area contributed by atoms with Gasteiger partial charge in [-0.05, 0) is 24.6 Å². The molecule has 0 saturated heterocycles. The van der Waals surface area contributed by atoms with Gasteiger partial charge in [-0.3, -0.25) is 0 Å². The summed E-state index contributed by atoms with van der Waals surface area (Å²) in [7, 11) is 0. The van der Waals surface area contributed by atoms with Crippen molar-refractivity contribution in [1.29, 1.82) is 0 Å². The zero-order valence-corrected chi connectivity index (χ0v) is 9.12. The Labute approximate surface area is 91.8 Å². The van der Waals surface area contributed by atoms with E-state index in [1.807, 2.05) is 0 Å². The van der Waals surface area contributed by atoms with Crippen LogP contribution in [0, 0.1) is 0 Å². The Balaban J connectivity index is 2.70. The zero-order valence-electron chi connectivity index (χ0n) is 7.61. The van der Waals surface area contributed by atoms with Crippen molar-refractivity contribution in [2.24, 2.45) is 0 Å². The van der Waals surface area contributed by atoms with Crippen LogP contribution in [0.1, 0.15) is 24.3 Å². The predicted octanol–water partition coefficient (Wildman–Crippen LogP) is 4.67. The molecule has 1 aromatic rings. The second kappa shape index (κ2) is 4.45. The van der Waals surface area contributed by atoms with E-state index in [1.165, 1.54) is 0 Å². The number of hydrogen-bond acceptors (Lipinski definition) is 0. The predicted molar refractivity (Wildman–Crippen MR) is 55.3 cm³/mol. The Morgan fingerprint density at radius 3 is 2.21 bits per heavy atom. The molecule has 0 aliphatic heterocycles. The lowest BCUT2D eigenvalue weighted by atomic mass is 10.1. The molecule has 0 aliphatic carbocycles. The number of rotatable bonds is 3. The van der Waals surface area contributed by atoms with Gasteiger partial charge in [0.25, 0.3) is 0 Å². The molecule has 0 nitrogen and oxygen atoms in total. The van der Waals surface area contributed by atoms with E-state index in [4.69, 9.17) is 23.2 Å². The third-order valence-corrected chi connectivity index (χ3v) is 2.43. The topological polar surface area (TPSA) is 0 Å². The Kier molecular flexibility index (Phi) is 3.73. The van der Waals surface area contributed by atoms with Crippen molar-refractivity contribution in [3.05, 3.63) is 34.9 Å². The van der Waals surface area contributed by atoms with E-state index in [0.717, 1.165) is 6.92 Å². The van der Waals surface area contributed by atoms with Gasteiger partial charge in [-0.2, -0.15) is 0 Å². The van der Waals surface area contributed by atoms with Crippen molar-refractivity contribution in [3.63, 3.8) is 0 Å². The van der Waals surface area contributed by atoms with Crippen LogP contribution in [0.15, 0.2) is 24.3 Å². The molecular weight excluding hydrogens is 229 g/mol. The van der Waals surface area contributed by atoms with Gasteiger partial charge >= 0.3 is 0 Å². The monoisotopic (exact) mass is 238 g/mol. The van der Waals surface area contributed by atoms with Crippen LogP contribution in [0.2, 0.25) is 5.02 Å². The third kappa shape index (κ3) is 3.81. The highest BCUT2D eigenvalue weighted by Crippen LogP contribution is 2.32. The van der Waals surface area contributed by atoms with Gasteiger partial charge in [-0.25, -0.2) is 8.78 Å². The van der Waals surface area contributed by atoms with Crippen LogP contribution in [-0.4, -0.2) is 5.92 Å². The summed E-state index contributed by atoms with van der Waals surface area (Å²) < 4.78 is 25.3. The minimum Gasteiger partial charge on any atom is -0.207 e. The molecule has 0 radical (unpaired) electrons. The molecule has 0 bridgehead atoms. The third-order valence-electron chi connectivity index (χ3n) is 1.77. The quantitative estimate of drug-likeness (QED) is 0.672. The maximum Gasteiger partial charge on any atom is 0.247 e. The molecule has 78 valence electrons. The summed E-state index contributed by atoms with van der Waals surface area (Å²) in [6, 6.07) is 6.59. The molecule has 4 heteroatoms. The molecular formula is C10H10Cl2F2. The van der Waals surface area contributed by atoms with E-state index < -0.39 is 11.3 Å². The molecule has 0 aromatic heterocycles. The maximum atomic E-state index is 12.6. The highest BCUT2D eigenvalue weighted by Gasteiger charge is 2.26. The van der Waals surface area contributed by atoms with Gasteiger partial charge in [0.15, 0.2) is 0 Å². The minimum absolute atomic E-state index is 0.365. The SMILES string of the molecule is CC(F)(F)CC(Cl)c1ccc(Cl)cc1. The summed E-state index contributed by atoms with van der Waals surface area (Å²) in [6.45, 7) is 0.859. The molecule has 0 heterocycles. The van der Waals surface area contributed by atoms with E-state index >= 15 is 0 Å². The largest absolute Gasteiger partial charge is 0.247 e. The average molecular weight is 239 g/mol. The first-order chi connectivity index (χ1) is 6.38. The van der Waals surface area contributed by atoms with Crippen molar-refractivity contribution in [2.45, 2.75) is 24.6 Å². The average Bonchev–Trinajstić information content (AvgIpc) is 2.02. The van der Waals surface area contributed by atoms with Crippen LogP contribution in [0.3, 0.4) is 0 Å². The summed E-state index contributed by atoms with van der Waals surface area (Å²) in [5, 5.41) is -0.104. The van der Waals surface area contributed by atoms with Gasteiger partial charge in [0.2, 0.25) is 5.92 Å². The number of alkyl halides is 3. The van der Waals surface area contributed by atoms with Crippen LogP contribution in [0.5, 0.6) is 0 Å². The van der Waals surface area contributed by atoms with Gasteiger partial charge in [0.1, 0.15) is 0 Å². The second-order valence-corrected chi connectivity index (χ2v) is 4.26. The van der Waals surface area contributed by atoms with E-state index in [0.29, 0.717) is 10.6 Å². The van der Waals surface area contributed by atoms with Gasteiger partial charge < -0.3 is 0 Å². The summed E-state index contributed by atoms with van der Waals surface area (Å²) in [5.74, 6) is -2.74. The number of hydrogen-bond donors (Lipinski definition) is 0. The van der Waals surface area contributed by atoms with Crippen LogP contribution in [-0.2, 0) is 0 Å². The smallest absolute Gasteiger partial charge is 0.207 e. The van der Waals surface area contributed by atoms with Gasteiger partial charge in [-0.1, -0.05) is 23.7 Å². The van der Waals surface area contributed by atoms with Crippen molar-refractivity contribution in [1.82, 2.24) is 0 Å². The molecule has 0 aliphatic rings. The second-order valence-electron chi connectivity index (χ2n) is 3.29. The first-order valence-corrected chi connectivity index (χ1v) is 4.97. The van der Waals surface area contributed by atoms with Crippen LogP contribution in [0.25, 0.3) is 0 Å². The summed E-state index contributed by atoms with van der Waals surface area (Å²) in [6.07, 6.45) is -0.365. The standard InChI is InChI=1S/C10H10Cl2F2/c1-10(13,14)6-9(12)7-2-4-8(11)5-3-7/h2-5,9H,6H2,1H3.